The largest absolute Gasteiger partial charge is 0.465 e. The van der Waals surface area contributed by atoms with Gasteiger partial charge in [-0.05, 0) is 55.8 Å². The summed E-state index contributed by atoms with van der Waals surface area (Å²) in [5.41, 5.74) is 5.12. The fourth-order valence-corrected chi connectivity index (χ4v) is 4.25. The second-order valence-corrected chi connectivity index (χ2v) is 8.71. The van der Waals surface area contributed by atoms with Crippen LogP contribution in [0.2, 0.25) is 0 Å². The Balaban J connectivity index is 1.38. The molecule has 2 aromatic heterocycles. The van der Waals surface area contributed by atoms with Crippen molar-refractivity contribution in [3.63, 3.8) is 0 Å². The minimum absolute atomic E-state index is 0.0307. The van der Waals surface area contributed by atoms with Gasteiger partial charge in [0.15, 0.2) is 0 Å². The smallest absolute Gasteiger partial charge is 0.407 e. The molecule has 0 unspecified atom stereocenters. The lowest BCUT2D eigenvalue weighted by Gasteiger charge is -2.38. The molecule has 1 N–H and O–H groups in total. The Morgan fingerprint density at radius 2 is 1.85 bits per heavy atom. The molecule has 2 amide bonds. The SMILES string of the molecule is Cc1cc(-c2ccc(C(=O)N(C)c3ccc(CN4CCN(C(=O)O)[C@@H](C)C4)cc3)cn2)ccn1. The molecule has 1 fully saturated rings. The normalized spacial score (nSPS) is 16.3. The van der Waals surface area contributed by atoms with E-state index in [4.69, 9.17) is 0 Å². The van der Waals surface area contributed by atoms with E-state index in [9.17, 15) is 14.7 Å². The molecule has 0 radical (unpaired) electrons. The number of pyridine rings is 2. The zero-order chi connectivity index (χ0) is 24.2. The zero-order valence-electron chi connectivity index (χ0n) is 19.7. The van der Waals surface area contributed by atoms with Gasteiger partial charge in [-0.1, -0.05) is 12.1 Å². The molecule has 34 heavy (non-hydrogen) atoms. The number of carboxylic acid groups (broad SMARTS) is 1. The fraction of sp³-hybridized carbons (Fsp3) is 0.308. The Hall–Kier alpha value is -3.78. The van der Waals surface area contributed by atoms with Crippen LogP contribution >= 0.6 is 0 Å². The molecule has 1 aliphatic heterocycles. The van der Waals surface area contributed by atoms with E-state index >= 15 is 0 Å². The van der Waals surface area contributed by atoms with Crippen molar-refractivity contribution in [1.29, 1.82) is 0 Å². The first kappa shape index (κ1) is 23.4. The van der Waals surface area contributed by atoms with E-state index in [1.807, 2.05) is 56.3 Å². The van der Waals surface area contributed by atoms with Gasteiger partial charge in [0.1, 0.15) is 0 Å². The van der Waals surface area contributed by atoms with E-state index in [1.165, 1.54) is 4.90 Å². The average Bonchev–Trinajstić information content (AvgIpc) is 2.83. The molecule has 0 aliphatic carbocycles. The second-order valence-electron chi connectivity index (χ2n) is 8.71. The number of carbonyl (C=O) groups is 2. The highest BCUT2D eigenvalue weighted by molar-refractivity contribution is 6.05. The Kier molecular flexibility index (Phi) is 6.88. The van der Waals surface area contributed by atoms with Gasteiger partial charge in [0, 0.05) is 68.6 Å². The third-order valence-electron chi connectivity index (χ3n) is 6.19. The van der Waals surface area contributed by atoms with Gasteiger partial charge in [-0.15, -0.1) is 0 Å². The van der Waals surface area contributed by atoms with Crippen LogP contribution in [0.3, 0.4) is 0 Å². The molecule has 176 valence electrons. The summed E-state index contributed by atoms with van der Waals surface area (Å²) < 4.78 is 0. The number of carbonyl (C=O) groups excluding carboxylic acids is 1. The van der Waals surface area contributed by atoms with Crippen molar-refractivity contribution >= 4 is 17.7 Å². The molecule has 3 aromatic rings. The number of nitrogens with zero attached hydrogens (tertiary/aromatic N) is 5. The fourth-order valence-electron chi connectivity index (χ4n) is 4.25. The predicted octanol–water partition coefficient (Wildman–Crippen LogP) is 3.91. The average molecular weight is 460 g/mol. The first-order valence-electron chi connectivity index (χ1n) is 11.3. The van der Waals surface area contributed by atoms with E-state index < -0.39 is 6.09 Å². The van der Waals surface area contributed by atoms with Crippen LogP contribution in [0.25, 0.3) is 11.3 Å². The topological polar surface area (TPSA) is 89.9 Å². The highest BCUT2D eigenvalue weighted by Gasteiger charge is 2.27. The Morgan fingerprint density at radius 3 is 2.47 bits per heavy atom. The standard InChI is InChI=1S/C26H29N5O3/c1-18-14-21(10-11-27-18)24-9-6-22(15-28-24)25(32)29(3)23-7-4-20(5-8-23)17-30-12-13-31(26(33)34)19(2)16-30/h4-11,14-15,19H,12-13,16-17H2,1-3H3,(H,33,34)/t19-/m0/s1. The first-order valence-corrected chi connectivity index (χ1v) is 11.3. The number of aromatic nitrogens is 2. The van der Waals surface area contributed by atoms with Gasteiger partial charge in [-0.25, -0.2) is 4.79 Å². The molecule has 0 spiro atoms. The lowest BCUT2D eigenvalue weighted by Crippen LogP contribution is -2.53. The summed E-state index contributed by atoms with van der Waals surface area (Å²) >= 11 is 0. The lowest BCUT2D eigenvalue weighted by atomic mass is 10.1. The number of anilines is 1. The van der Waals surface area contributed by atoms with Gasteiger partial charge in [0.05, 0.1) is 11.3 Å². The van der Waals surface area contributed by atoms with Crippen molar-refractivity contribution in [2.75, 3.05) is 31.6 Å². The Bertz CT molecular complexity index is 1160. The van der Waals surface area contributed by atoms with Gasteiger partial charge in [0.2, 0.25) is 0 Å². The third-order valence-corrected chi connectivity index (χ3v) is 6.19. The van der Waals surface area contributed by atoms with Crippen LogP contribution < -0.4 is 4.90 Å². The van der Waals surface area contributed by atoms with Crippen LogP contribution in [-0.2, 0) is 6.54 Å². The number of benzene rings is 1. The van der Waals surface area contributed by atoms with Crippen molar-refractivity contribution < 1.29 is 14.7 Å². The van der Waals surface area contributed by atoms with Gasteiger partial charge in [-0.2, -0.15) is 0 Å². The summed E-state index contributed by atoms with van der Waals surface area (Å²) in [6, 6.07) is 15.4. The van der Waals surface area contributed by atoms with Crippen molar-refractivity contribution in [2.24, 2.45) is 0 Å². The van der Waals surface area contributed by atoms with E-state index in [2.05, 4.69) is 14.9 Å². The maximum Gasteiger partial charge on any atom is 0.407 e. The van der Waals surface area contributed by atoms with E-state index in [-0.39, 0.29) is 11.9 Å². The first-order chi connectivity index (χ1) is 16.3. The van der Waals surface area contributed by atoms with Crippen molar-refractivity contribution in [3.05, 3.63) is 77.7 Å². The van der Waals surface area contributed by atoms with Crippen LogP contribution in [0.1, 0.15) is 28.5 Å². The molecule has 4 rings (SSSR count). The number of hydrogen-bond donors (Lipinski definition) is 1. The van der Waals surface area contributed by atoms with Crippen LogP contribution in [0.15, 0.2) is 60.9 Å². The zero-order valence-corrected chi connectivity index (χ0v) is 19.7. The Labute approximate surface area is 199 Å². The van der Waals surface area contributed by atoms with Crippen molar-refractivity contribution in [3.8, 4) is 11.3 Å². The molecule has 1 aromatic carbocycles. The van der Waals surface area contributed by atoms with E-state index in [0.29, 0.717) is 25.2 Å². The van der Waals surface area contributed by atoms with Gasteiger partial charge < -0.3 is 14.9 Å². The maximum absolute atomic E-state index is 13.0. The molecule has 8 nitrogen and oxygen atoms in total. The molecular weight excluding hydrogens is 430 g/mol. The monoisotopic (exact) mass is 459 g/mol. The Morgan fingerprint density at radius 1 is 1.09 bits per heavy atom. The number of amides is 2. The number of piperazine rings is 1. The third kappa shape index (κ3) is 5.23. The van der Waals surface area contributed by atoms with Gasteiger partial charge in [-0.3, -0.25) is 19.7 Å². The molecule has 0 saturated carbocycles. The van der Waals surface area contributed by atoms with Gasteiger partial charge >= 0.3 is 6.09 Å². The second kappa shape index (κ2) is 10.0. The van der Waals surface area contributed by atoms with Crippen LogP contribution in [0.5, 0.6) is 0 Å². The molecule has 1 aliphatic rings. The minimum Gasteiger partial charge on any atom is -0.465 e. The summed E-state index contributed by atoms with van der Waals surface area (Å²) in [5.74, 6) is -0.128. The van der Waals surface area contributed by atoms with Crippen LogP contribution in [-0.4, -0.2) is 69.6 Å². The maximum atomic E-state index is 13.0. The number of aryl methyl sites for hydroxylation is 1. The summed E-state index contributed by atoms with van der Waals surface area (Å²) in [5, 5.41) is 9.24. The summed E-state index contributed by atoms with van der Waals surface area (Å²) in [7, 11) is 1.75. The summed E-state index contributed by atoms with van der Waals surface area (Å²) in [4.78, 5) is 38.3. The lowest BCUT2D eigenvalue weighted by molar-refractivity contribution is 0.0711. The van der Waals surface area contributed by atoms with Gasteiger partial charge in [0.25, 0.3) is 5.91 Å². The number of rotatable bonds is 5. The quantitative estimate of drug-likeness (QED) is 0.622. The van der Waals surface area contributed by atoms with Crippen molar-refractivity contribution in [1.82, 2.24) is 19.8 Å². The number of hydrogen-bond acceptors (Lipinski definition) is 5. The van der Waals surface area contributed by atoms with E-state index in [1.54, 1.807) is 30.4 Å². The molecular formula is C26H29N5O3. The molecule has 8 heteroatoms. The predicted molar refractivity (Wildman–Crippen MR) is 131 cm³/mol. The molecule has 1 saturated heterocycles. The molecule has 1 atom stereocenters. The molecule has 0 bridgehead atoms. The summed E-state index contributed by atoms with van der Waals surface area (Å²) in [6.45, 7) is 6.54. The van der Waals surface area contributed by atoms with E-state index in [0.717, 1.165) is 34.7 Å². The van der Waals surface area contributed by atoms with Crippen molar-refractivity contribution in [2.45, 2.75) is 26.4 Å². The highest BCUT2D eigenvalue weighted by atomic mass is 16.4. The minimum atomic E-state index is -0.860. The van der Waals surface area contributed by atoms with Crippen LogP contribution in [0, 0.1) is 6.92 Å². The highest BCUT2D eigenvalue weighted by Crippen LogP contribution is 2.21. The van der Waals surface area contributed by atoms with Crippen LogP contribution in [0.4, 0.5) is 10.5 Å². The summed E-state index contributed by atoms with van der Waals surface area (Å²) in [6.07, 6.45) is 2.50. The molecule has 3 heterocycles.